The van der Waals surface area contributed by atoms with Gasteiger partial charge >= 0.3 is 0 Å². The number of furan rings is 1. The predicted octanol–water partition coefficient (Wildman–Crippen LogP) is 5.62. The number of rotatable bonds is 3. The van der Waals surface area contributed by atoms with Crippen LogP contribution in [0.3, 0.4) is 0 Å². The van der Waals surface area contributed by atoms with Gasteiger partial charge in [-0.2, -0.15) is 5.26 Å². The van der Waals surface area contributed by atoms with Crippen LogP contribution in [0.15, 0.2) is 70.7 Å². The van der Waals surface area contributed by atoms with Crippen LogP contribution in [0.25, 0.3) is 33.7 Å². The minimum atomic E-state index is 0.502. The molecule has 2 aromatic heterocycles. The van der Waals surface area contributed by atoms with E-state index in [0.717, 1.165) is 11.3 Å². The highest BCUT2D eigenvalue weighted by atomic mass is 32.1. The summed E-state index contributed by atoms with van der Waals surface area (Å²) in [5.74, 6) is 0.647. The zero-order valence-corrected chi connectivity index (χ0v) is 13.5. The van der Waals surface area contributed by atoms with Crippen molar-refractivity contribution in [2.45, 2.75) is 0 Å². The number of nitriles is 1. The van der Waals surface area contributed by atoms with Gasteiger partial charge in [0.05, 0.1) is 17.5 Å². The number of fused-ring (bicyclic) bond motifs is 1. The molecule has 0 unspecified atom stereocenters. The Kier molecular flexibility index (Phi) is 3.70. The van der Waals surface area contributed by atoms with Crippen LogP contribution < -0.4 is 0 Å². The van der Waals surface area contributed by atoms with Crippen LogP contribution in [0.5, 0.6) is 0 Å². The molecule has 0 aliphatic rings. The minimum absolute atomic E-state index is 0.502. The number of hydrogen-bond donors (Lipinski definition) is 0. The molecular formula is C20H12N2OS. The first-order valence-corrected chi connectivity index (χ1v) is 8.32. The van der Waals surface area contributed by atoms with Gasteiger partial charge in [0.25, 0.3) is 0 Å². The molecule has 2 aromatic carbocycles. The summed E-state index contributed by atoms with van der Waals surface area (Å²) in [6.45, 7) is 0. The molecule has 0 fully saturated rings. The van der Waals surface area contributed by atoms with Crippen molar-refractivity contribution < 1.29 is 4.42 Å². The fourth-order valence-electron chi connectivity index (χ4n) is 2.54. The van der Waals surface area contributed by atoms with E-state index in [4.69, 9.17) is 4.42 Å². The maximum absolute atomic E-state index is 9.41. The Balaban J connectivity index is 1.72. The lowest BCUT2D eigenvalue weighted by Gasteiger charge is -2.00. The molecule has 4 heteroatoms. The summed E-state index contributed by atoms with van der Waals surface area (Å²) in [4.78, 5) is 4.63. The zero-order chi connectivity index (χ0) is 16.4. The maximum atomic E-state index is 9.41. The van der Waals surface area contributed by atoms with Crippen LogP contribution in [0.2, 0.25) is 0 Å². The van der Waals surface area contributed by atoms with Crippen LogP contribution in [-0.4, -0.2) is 4.98 Å². The van der Waals surface area contributed by atoms with Gasteiger partial charge in [0, 0.05) is 17.0 Å². The number of hydrogen-bond acceptors (Lipinski definition) is 4. The molecule has 4 aromatic rings. The van der Waals surface area contributed by atoms with Gasteiger partial charge in [0.1, 0.15) is 16.8 Å². The van der Waals surface area contributed by atoms with E-state index in [1.54, 1.807) is 18.4 Å². The first kappa shape index (κ1) is 14.4. The highest BCUT2D eigenvalue weighted by molar-refractivity contribution is 7.11. The normalized spacial score (nSPS) is 11.5. The smallest absolute Gasteiger partial charge is 0.134 e. The van der Waals surface area contributed by atoms with Crippen molar-refractivity contribution in [2.75, 3.05) is 0 Å². The molecule has 0 saturated carbocycles. The maximum Gasteiger partial charge on any atom is 0.134 e. The summed E-state index contributed by atoms with van der Waals surface area (Å²) in [5, 5.41) is 14.5. The number of nitrogens with zero attached hydrogens (tertiary/aromatic N) is 2. The lowest BCUT2D eigenvalue weighted by Crippen LogP contribution is -1.83. The Morgan fingerprint density at radius 3 is 2.75 bits per heavy atom. The fraction of sp³-hybridized carbons (Fsp3) is 0. The van der Waals surface area contributed by atoms with Crippen molar-refractivity contribution in [3.63, 3.8) is 0 Å². The molecule has 3 nitrogen and oxygen atoms in total. The van der Waals surface area contributed by atoms with Crippen LogP contribution >= 0.6 is 11.3 Å². The van der Waals surface area contributed by atoms with Crippen LogP contribution in [0, 0.1) is 11.3 Å². The molecular weight excluding hydrogens is 316 g/mol. The van der Waals surface area contributed by atoms with Gasteiger partial charge in [-0.05, 0) is 29.0 Å². The summed E-state index contributed by atoms with van der Waals surface area (Å²) in [5.41, 5.74) is 2.43. The van der Waals surface area contributed by atoms with E-state index in [9.17, 15) is 5.26 Å². The second-order valence-electron chi connectivity index (χ2n) is 5.29. The molecule has 2 heterocycles. The van der Waals surface area contributed by atoms with Crippen molar-refractivity contribution in [3.05, 3.63) is 77.0 Å². The summed E-state index contributed by atoms with van der Waals surface area (Å²) in [6.07, 6.45) is 3.30. The summed E-state index contributed by atoms with van der Waals surface area (Å²) in [6, 6.07) is 20.3. The van der Waals surface area contributed by atoms with E-state index in [1.807, 2.05) is 23.6 Å². The third-order valence-electron chi connectivity index (χ3n) is 3.73. The number of thiazole rings is 1. The van der Waals surface area contributed by atoms with Gasteiger partial charge in [-0.25, -0.2) is 4.98 Å². The molecule has 0 saturated heterocycles. The van der Waals surface area contributed by atoms with Crippen molar-refractivity contribution in [2.24, 2.45) is 0 Å². The first-order valence-electron chi connectivity index (χ1n) is 7.44. The van der Waals surface area contributed by atoms with E-state index in [0.29, 0.717) is 16.3 Å². The average molecular weight is 328 g/mol. The Morgan fingerprint density at radius 2 is 1.96 bits per heavy atom. The van der Waals surface area contributed by atoms with Crippen molar-refractivity contribution in [1.82, 2.24) is 4.98 Å². The second-order valence-corrected chi connectivity index (χ2v) is 6.14. The van der Waals surface area contributed by atoms with Crippen LogP contribution in [0.1, 0.15) is 10.8 Å². The molecule has 24 heavy (non-hydrogen) atoms. The average Bonchev–Trinajstić information content (AvgIpc) is 3.31. The van der Waals surface area contributed by atoms with E-state index < -0.39 is 0 Å². The van der Waals surface area contributed by atoms with Crippen molar-refractivity contribution in [3.8, 4) is 17.3 Å². The third kappa shape index (κ3) is 2.73. The highest BCUT2D eigenvalue weighted by Gasteiger charge is 2.10. The minimum Gasteiger partial charge on any atom is -0.465 e. The van der Waals surface area contributed by atoms with Gasteiger partial charge in [-0.15, -0.1) is 11.3 Å². The molecule has 0 aliphatic heterocycles. The number of aromatic nitrogens is 1. The molecule has 0 atom stereocenters. The summed E-state index contributed by atoms with van der Waals surface area (Å²) >= 11 is 1.46. The van der Waals surface area contributed by atoms with Gasteiger partial charge in [-0.1, -0.05) is 36.4 Å². The molecule has 4 rings (SSSR count). The van der Waals surface area contributed by atoms with Crippen molar-refractivity contribution in [1.29, 1.82) is 5.26 Å². The van der Waals surface area contributed by atoms with E-state index in [1.165, 1.54) is 22.1 Å². The van der Waals surface area contributed by atoms with E-state index in [-0.39, 0.29) is 0 Å². The molecule has 0 spiro atoms. The standard InChI is InChI=1S/C20H12N2OS/c21-12-17(11-18-6-3-9-23-18)20-22-19(13-24-20)16-8-7-14-4-1-2-5-15(14)10-16/h1-11,13H. The topological polar surface area (TPSA) is 49.8 Å². The van der Waals surface area contributed by atoms with Crippen LogP contribution in [0.4, 0.5) is 0 Å². The Morgan fingerprint density at radius 1 is 1.08 bits per heavy atom. The van der Waals surface area contributed by atoms with E-state index >= 15 is 0 Å². The highest BCUT2D eigenvalue weighted by Crippen LogP contribution is 2.29. The lowest BCUT2D eigenvalue weighted by atomic mass is 10.1. The Hall–Kier alpha value is -3.16. The monoisotopic (exact) mass is 328 g/mol. The molecule has 0 bridgehead atoms. The van der Waals surface area contributed by atoms with Crippen LogP contribution in [-0.2, 0) is 0 Å². The fourth-order valence-corrected chi connectivity index (χ4v) is 3.33. The van der Waals surface area contributed by atoms with Gasteiger partial charge in [-0.3, -0.25) is 0 Å². The quantitative estimate of drug-likeness (QED) is 0.459. The molecule has 0 aliphatic carbocycles. The molecule has 0 radical (unpaired) electrons. The van der Waals surface area contributed by atoms with Gasteiger partial charge < -0.3 is 4.42 Å². The predicted molar refractivity (Wildman–Crippen MR) is 97.2 cm³/mol. The summed E-state index contributed by atoms with van der Waals surface area (Å²) < 4.78 is 5.28. The zero-order valence-electron chi connectivity index (χ0n) is 12.6. The number of benzene rings is 2. The SMILES string of the molecule is N#CC(=Cc1ccco1)c1nc(-c2ccc3ccccc3c2)cs1. The largest absolute Gasteiger partial charge is 0.465 e. The number of allylic oxidation sites excluding steroid dienone is 1. The Labute approximate surface area is 143 Å². The Bertz CT molecular complexity index is 1070. The summed E-state index contributed by atoms with van der Waals surface area (Å²) in [7, 11) is 0. The third-order valence-corrected chi connectivity index (χ3v) is 4.61. The van der Waals surface area contributed by atoms with Crippen molar-refractivity contribution >= 4 is 33.8 Å². The lowest BCUT2D eigenvalue weighted by molar-refractivity contribution is 0.557. The van der Waals surface area contributed by atoms with E-state index in [2.05, 4.69) is 41.4 Å². The first-order chi connectivity index (χ1) is 11.8. The van der Waals surface area contributed by atoms with Gasteiger partial charge in [0.15, 0.2) is 0 Å². The molecule has 0 N–H and O–H groups in total. The molecule has 114 valence electrons. The van der Waals surface area contributed by atoms with Gasteiger partial charge in [0.2, 0.25) is 0 Å². The second kappa shape index (κ2) is 6.15. The molecule has 0 amide bonds.